The summed E-state index contributed by atoms with van der Waals surface area (Å²) in [6.45, 7) is 13.5. The maximum Gasteiger partial charge on any atom is 0.0594 e. The molecule has 3 nitrogen and oxygen atoms in total. The number of unbranched alkanes of at least 4 members (excludes halogenated alkanes) is 1. The SMILES string of the molecule is CCCCC(CC)CN(CCOCCN)C(C)C. The highest BCUT2D eigenvalue weighted by molar-refractivity contribution is 4.68. The second-order valence-corrected chi connectivity index (χ2v) is 5.41. The summed E-state index contributed by atoms with van der Waals surface area (Å²) in [5, 5.41) is 0. The molecule has 2 N–H and O–H groups in total. The number of nitrogens with two attached hydrogens (primary N) is 1. The zero-order valence-corrected chi connectivity index (χ0v) is 13.0. The van der Waals surface area contributed by atoms with Crippen molar-refractivity contribution in [1.82, 2.24) is 4.90 Å². The Kier molecular flexibility index (Phi) is 11.9. The van der Waals surface area contributed by atoms with E-state index in [0.29, 0.717) is 19.2 Å². The highest BCUT2D eigenvalue weighted by Crippen LogP contribution is 2.15. The van der Waals surface area contributed by atoms with Crippen molar-refractivity contribution in [2.45, 2.75) is 59.4 Å². The van der Waals surface area contributed by atoms with Gasteiger partial charge in [-0.25, -0.2) is 0 Å². The molecule has 0 amide bonds. The first kappa shape index (κ1) is 17.9. The molecule has 0 fully saturated rings. The molecule has 0 aliphatic rings. The molecule has 0 aromatic rings. The maximum atomic E-state index is 5.49. The minimum Gasteiger partial charge on any atom is -0.379 e. The fourth-order valence-corrected chi connectivity index (χ4v) is 2.18. The topological polar surface area (TPSA) is 38.5 Å². The van der Waals surface area contributed by atoms with Crippen LogP contribution in [0.1, 0.15) is 53.4 Å². The largest absolute Gasteiger partial charge is 0.379 e. The highest BCUT2D eigenvalue weighted by atomic mass is 16.5. The smallest absolute Gasteiger partial charge is 0.0594 e. The lowest BCUT2D eigenvalue weighted by Crippen LogP contribution is -2.38. The summed E-state index contributed by atoms with van der Waals surface area (Å²) in [6.07, 6.45) is 5.30. The zero-order chi connectivity index (χ0) is 13.8. The molecule has 0 aliphatic heterocycles. The van der Waals surface area contributed by atoms with Crippen molar-refractivity contribution in [3.8, 4) is 0 Å². The number of ether oxygens (including phenoxy) is 1. The lowest BCUT2D eigenvalue weighted by molar-refractivity contribution is 0.0872. The van der Waals surface area contributed by atoms with Crippen LogP contribution in [0, 0.1) is 5.92 Å². The number of nitrogens with zero attached hydrogens (tertiary/aromatic N) is 1. The molecule has 0 radical (unpaired) electrons. The van der Waals surface area contributed by atoms with Gasteiger partial charge >= 0.3 is 0 Å². The van der Waals surface area contributed by atoms with E-state index in [1.54, 1.807) is 0 Å². The van der Waals surface area contributed by atoms with Crippen LogP contribution in [0.4, 0.5) is 0 Å². The quantitative estimate of drug-likeness (QED) is 0.547. The Morgan fingerprint density at radius 1 is 1.17 bits per heavy atom. The van der Waals surface area contributed by atoms with Gasteiger partial charge in [0.25, 0.3) is 0 Å². The van der Waals surface area contributed by atoms with Gasteiger partial charge in [0, 0.05) is 25.7 Å². The molecule has 110 valence electrons. The molecular weight excluding hydrogens is 224 g/mol. The van der Waals surface area contributed by atoms with Gasteiger partial charge in [0.2, 0.25) is 0 Å². The van der Waals surface area contributed by atoms with Crippen LogP contribution in [-0.4, -0.2) is 43.8 Å². The van der Waals surface area contributed by atoms with Crippen molar-refractivity contribution in [2.75, 3.05) is 32.8 Å². The predicted octanol–water partition coefficient (Wildman–Crippen LogP) is 2.89. The predicted molar refractivity (Wildman–Crippen MR) is 79.9 cm³/mol. The van der Waals surface area contributed by atoms with Crippen molar-refractivity contribution in [1.29, 1.82) is 0 Å². The third-order valence-electron chi connectivity index (χ3n) is 3.55. The van der Waals surface area contributed by atoms with Gasteiger partial charge in [-0.05, 0) is 26.2 Å². The fourth-order valence-electron chi connectivity index (χ4n) is 2.18. The van der Waals surface area contributed by atoms with Crippen molar-refractivity contribution >= 4 is 0 Å². The lowest BCUT2D eigenvalue weighted by Gasteiger charge is -2.30. The van der Waals surface area contributed by atoms with E-state index in [2.05, 4.69) is 32.6 Å². The van der Waals surface area contributed by atoms with Gasteiger partial charge in [0.15, 0.2) is 0 Å². The van der Waals surface area contributed by atoms with Crippen molar-refractivity contribution < 1.29 is 4.74 Å². The summed E-state index contributed by atoms with van der Waals surface area (Å²) in [4.78, 5) is 2.54. The molecule has 3 heteroatoms. The van der Waals surface area contributed by atoms with Crippen molar-refractivity contribution in [3.63, 3.8) is 0 Å². The molecule has 0 saturated carbocycles. The van der Waals surface area contributed by atoms with Crippen LogP contribution in [0.5, 0.6) is 0 Å². The standard InChI is InChI=1S/C15H34N2O/c1-5-7-8-15(6-2)13-17(14(3)4)10-12-18-11-9-16/h14-15H,5-13,16H2,1-4H3. The van der Waals surface area contributed by atoms with Crippen molar-refractivity contribution in [2.24, 2.45) is 11.7 Å². The molecular formula is C15H34N2O. The van der Waals surface area contributed by atoms with E-state index in [0.717, 1.165) is 19.1 Å². The second kappa shape index (κ2) is 11.9. The summed E-state index contributed by atoms with van der Waals surface area (Å²) in [7, 11) is 0. The minimum atomic E-state index is 0.599. The van der Waals surface area contributed by atoms with Crippen LogP contribution in [0.3, 0.4) is 0 Å². The average Bonchev–Trinajstić information content (AvgIpc) is 2.36. The van der Waals surface area contributed by atoms with Crippen molar-refractivity contribution in [3.05, 3.63) is 0 Å². The van der Waals surface area contributed by atoms with E-state index < -0.39 is 0 Å². The Bertz CT molecular complexity index is 174. The maximum absolute atomic E-state index is 5.49. The van der Waals surface area contributed by atoms with E-state index >= 15 is 0 Å². The highest BCUT2D eigenvalue weighted by Gasteiger charge is 2.14. The molecule has 0 bridgehead atoms. The first-order chi connectivity index (χ1) is 8.65. The van der Waals surface area contributed by atoms with Gasteiger partial charge in [-0.2, -0.15) is 0 Å². The van der Waals surface area contributed by atoms with E-state index in [4.69, 9.17) is 10.5 Å². The molecule has 0 rings (SSSR count). The van der Waals surface area contributed by atoms with Crippen LogP contribution >= 0.6 is 0 Å². The first-order valence-electron chi connectivity index (χ1n) is 7.67. The molecule has 1 atom stereocenters. The summed E-state index contributed by atoms with van der Waals surface area (Å²) in [6, 6.07) is 0.599. The molecule has 0 aromatic heterocycles. The summed E-state index contributed by atoms with van der Waals surface area (Å²) in [5.41, 5.74) is 5.42. The lowest BCUT2D eigenvalue weighted by atomic mass is 9.98. The number of rotatable bonds is 12. The van der Waals surface area contributed by atoms with Gasteiger partial charge in [-0.1, -0.05) is 33.1 Å². The molecule has 0 saturated heterocycles. The summed E-state index contributed by atoms with van der Waals surface area (Å²) >= 11 is 0. The Balaban J connectivity index is 3.98. The average molecular weight is 258 g/mol. The molecule has 18 heavy (non-hydrogen) atoms. The van der Waals surface area contributed by atoms with Crippen LogP contribution < -0.4 is 5.73 Å². The Morgan fingerprint density at radius 3 is 2.39 bits per heavy atom. The van der Waals surface area contributed by atoms with Gasteiger partial charge in [-0.3, -0.25) is 4.90 Å². The van der Waals surface area contributed by atoms with E-state index in [-0.39, 0.29) is 0 Å². The molecule has 0 aliphatic carbocycles. The van der Waals surface area contributed by atoms with E-state index in [1.807, 2.05) is 0 Å². The minimum absolute atomic E-state index is 0.599. The molecule has 0 aromatic carbocycles. The Morgan fingerprint density at radius 2 is 1.89 bits per heavy atom. The van der Waals surface area contributed by atoms with Crippen LogP contribution in [0.15, 0.2) is 0 Å². The zero-order valence-electron chi connectivity index (χ0n) is 13.0. The number of hydrogen-bond acceptors (Lipinski definition) is 3. The number of hydrogen-bond donors (Lipinski definition) is 1. The van der Waals surface area contributed by atoms with Gasteiger partial charge in [0.05, 0.1) is 13.2 Å². The monoisotopic (exact) mass is 258 g/mol. The molecule has 0 heterocycles. The Hall–Kier alpha value is -0.120. The molecule has 0 spiro atoms. The fraction of sp³-hybridized carbons (Fsp3) is 1.00. The van der Waals surface area contributed by atoms with Crippen LogP contribution in [0.2, 0.25) is 0 Å². The normalized spacial score (nSPS) is 13.5. The Labute approximate surface area is 114 Å². The van der Waals surface area contributed by atoms with E-state index in [1.165, 1.54) is 32.2 Å². The third kappa shape index (κ3) is 8.90. The summed E-state index contributed by atoms with van der Waals surface area (Å²) < 4.78 is 5.49. The van der Waals surface area contributed by atoms with Gasteiger partial charge in [-0.15, -0.1) is 0 Å². The second-order valence-electron chi connectivity index (χ2n) is 5.41. The van der Waals surface area contributed by atoms with E-state index in [9.17, 15) is 0 Å². The first-order valence-corrected chi connectivity index (χ1v) is 7.67. The molecule has 1 unspecified atom stereocenters. The van der Waals surface area contributed by atoms with Gasteiger partial charge < -0.3 is 10.5 Å². The third-order valence-corrected chi connectivity index (χ3v) is 3.55. The summed E-state index contributed by atoms with van der Waals surface area (Å²) in [5.74, 6) is 0.835. The van der Waals surface area contributed by atoms with Crippen LogP contribution in [-0.2, 0) is 4.74 Å². The van der Waals surface area contributed by atoms with Gasteiger partial charge in [0.1, 0.15) is 0 Å². The van der Waals surface area contributed by atoms with Crippen LogP contribution in [0.25, 0.3) is 0 Å².